The number of benzene rings is 1. The minimum atomic E-state index is 0.0826. The summed E-state index contributed by atoms with van der Waals surface area (Å²) in [7, 11) is 1.61. The molecule has 2 heterocycles. The molecular weight excluding hydrogens is 358 g/mol. The Morgan fingerprint density at radius 2 is 2.07 bits per heavy atom. The lowest BCUT2D eigenvalue weighted by molar-refractivity contribution is 0.396. The predicted octanol–water partition coefficient (Wildman–Crippen LogP) is 3.77. The molecule has 0 bridgehead atoms. The fourth-order valence-corrected chi connectivity index (χ4v) is 3.56. The summed E-state index contributed by atoms with van der Waals surface area (Å²) in [5.41, 5.74) is 1.16. The molecule has 1 aliphatic heterocycles. The van der Waals surface area contributed by atoms with Crippen LogP contribution >= 0.6 is 12.2 Å². The van der Waals surface area contributed by atoms with E-state index in [1.807, 2.05) is 24.3 Å². The fraction of sp³-hybridized carbons (Fsp3) is 0.450. The molecule has 3 rings (SSSR count). The number of thiocarbonyl (C=S) groups is 1. The molecule has 0 aliphatic carbocycles. The van der Waals surface area contributed by atoms with Crippen LogP contribution in [0.25, 0.3) is 0 Å². The molecule has 1 aliphatic rings. The summed E-state index contributed by atoms with van der Waals surface area (Å²) in [6.45, 7) is 6.33. The molecule has 27 heavy (non-hydrogen) atoms. The summed E-state index contributed by atoms with van der Waals surface area (Å²) < 4.78 is 5.36. The number of nitrogens with zero attached hydrogens (tertiary/aromatic N) is 3. The SMILES string of the molecule is COc1cc(N2CCC[C@H](C)C2)nc(NC(=S)N[C@@H](C)c2ccccc2)n1. The van der Waals surface area contributed by atoms with E-state index in [4.69, 9.17) is 17.0 Å². The van der Waals surface area contributed by atoms with Gasteiger partial charge in [0, 0.05) is 19.2 Å². The quantitative estimate of drug-likeness (QED) is 0.760. The van der Waals surface area contributed by atoms with Crippen molar-refractivity contribution in [1.29, 1.82) is 0 Å². The average molecular weight is 386 g/mol. The second-order valence-corrected chi connectivity index (χ2v) is 7.42. The van der Waals surface area contributed by atoms with Crippen molar-refractivity contribution in [3.05, 3.63) is 42.0 Å². The molecular formula is C20H27N5OS. The highest BCUT2D eigenvalue weighted by Gasteiger charge is 2.19. The molecule has 0 amide bonds. The predicted molar refractivity (Wildman–Crippen MR) is 113 cm³/mol. The summed E-state index contributed by atoms with van der Waals surface area (Å²) in [6.07, 6.45) is 2.43. The maximum atomic E-state index is 5.45. The van der Waals surface area contributed by atoms with E-state index >= 15 is 0 Å². The van der Waals surface area contributed by atoms with Crippen LogP contribution in [0.15, 0.2) is 36.4 Å². The van der Waals surface area contributed by atoms with Gasteiger partial charge >= 0.3 is 0 Å². The molecule has 0 spiro atoms. The third kappa shape index (κ3) is 5.29. The number of rotatable bonds is 5. The topological polar surface area (TPSA) is 62.3 Å². The van der Waals surface area contributed by atoms with E-state index in [1.54, 1.807) is 7.11 Å². The van der Waals surface area contributed by atoms with Crippen LogP contribution in [0.3, 0.4) is 0 Å². The zero-order valence-electron chi connectivity index (χ0n) is 16.1. The van der Waals surface area contributed by atoms with Gasteiger partial charge in [-0.25, -0.2) is 0 Å². The first kappa shape index (κ1) is 19.4. The van der Waals surface area contributed by atoms with E-state index in [0.29, 0.717) is 22.9 Å². The number of hydrogen-bond donors (Lipinski definition) is 2. The van der Waals surface area contributed by atoms with Crippen molar-refractivity contribution in [2.45, 2.75) is 32.7 Å². The van der Waals surface area contributed by atoms with Gasteiger partial charge in [-0.3, -0.25) is 0 Å². The van der Waals surface area contributed by atoms with Crippen LogP contribution in [0.5, 0.6) is 5.88 Å². The van der Waals surface area contributed by atoms with Crippen LogP contribution < -0.4 is 20.3 Å². The van der Waals surface area contributed by atoms with E-state index < -0.39 is 0 Å². The Morgan fingerprint density at radius 3 is 2.78 bits per heavy atom. The zero-order chi connectivity index (χ0) is 19.2. The number of piperidine rings is 1. The van der Waals surface area contributed by atoms with Crippen molar-refractivity contribution in [3.63, 3.8) is 0 Å². The number of aromatic nitrogens is 2. The van der Waals surface area contributed by atoms with Crippen LogP contribution in [-0.2, 0) is 0 Å². The number of ether oxygens (including phenoxy) is 1. The monoisotopic (exact) mass is 385 g/mol. The summed E-state index contributed by atoms with van der Waals surface area (Å²) >= 11 is 5.45. The largest absolute Gasteiger partial charge is 0.481 e. The summed E-state index contributed by atoms with van der Waals surface area (Å²) in [5, 5.41) is 6.86. The average Bonchev–Trinajstić information content (AvgIpc) is 2.68. The van der Waals surface area contributed by atoms with Crippen LogP contribution in [0.1, 0.15) is 38.3 Å². The molecule has 144 valence electrons. The van der Waals surface area contributed by atoms with Gasteiger partial charge < -0.3 is 20.3 Å². The Morgan fingerprint density at radius 1 is 1.30 bits per heavy atom. The third-order valence-electron chi connectivity index (χ3n) is 4.75. The lowest BCUT2D eigenvalue weighted by Gasteiger charge is -2.32. The smallest absolute Gasteiger partial charge is 0.234 e. The summed E-state index contributed by atoms with van der Waals surface area (Å²) in [5.74, 6) is 2.50. The van der Waals surface area contributed by atoms with Gasteiger partial charge in [0.05, 0.1) is 13.2 Å². The Balaban J connectivity index is 1.70. The van der Waals surface area contributed by atoms with Crippen LogP contribution in [0.4, 0.5) is 11.8 Å². The van der Waals surface area contributed by atoms with Crippen molar-refractivity contribution in [3.8, 4) is 5.88 Å². The number of anilines is 2. The second-order valence-electron chi connectivity index (χ2n) is 7.02. The zero-order valence-corrected chi connectivity index (χ0v) is 16.9. The van der Waals surface area contributed by atoms with Crippen LogP contribution in [0.2, 0.25) is 0 Å². The fourth-order valence-electron chi connectivity index (χ4n) is 3.29. The Hall–Kier alpha value is -2.41. The molecule has 1 aromatic heterocycles. The third-order valence-corrected chi connectivity index (χ3v) is 4.97. The van der Waals surface area contributed by atoms with E-state index in [1.165, 1.54) is 12.8 Å². The summed E-state index contributed by atoms with van der Waals surface area (Å²) in [6, 6.07) is 12.1. The summed E-state index contributed by atoms with van der Waals surface area (Å²) in [4.78, 5) is 11.3. The molecule has 0 saturated carbocycles. The van der Waals surface area contributed by atoms with Crippen LogP contribution in [0, 0.1) is 5.92 Å². The first-order valence-corrected chi connectivity index (χ1v) is 9.76. The van der Waals surface area contributed by atoms with Gasteiger partial charge in [-0.2, -0.15) is 9.97 Å². The van der Waals surface area contributed by atoms with Gasteiger partial charge in [0.2, 0.25) is 11.8 Å². The van der Waals surface area contributed by atoms with Gasteiger partial charge in [0.15, 0.2) is 5.11 Å². The van der Waals surface area contributed by atoms with E-state index in [2.05, 4.69) is 51.5 Å². The van der Waals surface area contributed by atoms with Gasteiger partial charge in [-0.1, -0.05) is 37.3 Å². The molecule has 0 unspecified atom stereocenters. The van der Waals surface area contributed by atoms with E-state index in [9.17, 15) is 0 Å². The molecule has 1 aromatic carbocycles. The highest BCUT2D eigenvalue weighted by Crippen LogP contribution is 2.25. The lowest BCUT2D eigenvalue weighted by atomic mass is 10.0. The Bertz CT molecular complexity index is 770. The molecule has 7 heteroatoms. The molecule has 2 N–H and O–H groups in total. The van der Waals surface area contributed by atoms with Crippen molar-refractivity contribution < 1.29 is 4.74 Å². The maximum Gasteiger partial charge on any atom is 0.234 e. The minimum Gasteiger partial charge on any atom is -0.481 e. The maximum absolute atomic E-state index is 5.45. The van der Waals surface area contributed by atoms with Crippen molar-refractivity contribution in [2.75, 3.05) is 30.4 Å². The minimum absolute atomic E-state index is 0.0826. The van der Waals surface area contributed by atoms with Crippen LogP contribution in [-0.4, -0.2) is 35.3 Å². The molecule has 1 fully saturated rings. The Kier molecular flexibility index (Phi) is 6.45. The lowest BCUT2D eigenvalue weighted by Crippen LogP contribution is -2.35. The van der Waals surface area contributed by atoms with Gasteiger partial charge in [0.25, 0.3) is 0 Å². The van der Waals surface area contributed by atoms with E-state index in [0.717, 1.165) is 24.5 Å². The van der Waals surface area contributed by atoms with Gasteiger partial charge in [-0.05, 0) is 43.5 Å². The first-order valence-electron chi connectivity index (χ1n) is 9.35. The highest BCUT2D eigenvalue weighted by molar-refractivity contribution is 7.80. The molecule has 2 aromatic rings. The van der Waals surface area contributed by atoms with E-state index in [-0.39, 0.29) is 6.04 Å². The van der Waals surface area contributed by atoms with Crippen molar-refractivity contribution in [2.24, 2.45) is 5.92 Å². The Labute approximate surface area is 166 Å². The molecule has 1 saturated heterocycles. The van der Waals surface area contributed by atoms with Gasteiger partial charge in [-0.15, -0.1) is 0 Å². The standard InChI is InChI=1S/C20H27N5OS/c1-14-8-7-11-25(13-14)17-12-18(26-3)23-19(22-17)24-20(27)21-15(2)16-9-5-4-6-10-16/h4-6,9-10,12,14-15H,7-8,11,13H2,1-3H3,(H2,21,22,23,24,27)/t14-,15-/m0/s1. The number of methoxy groups -OCH3 is 1. The van der Waals surface area contributed by atoms with Crippen molar-refractivity contribution >= 4 is 29.1 Å². The number of hydrogen-bond acceptors (Lipinski definition) is 5. The van der Waals surface area contributed by atoms with Gasteiger partial charge in [0.1, 0.15) is 5.82 Å². The highest BCUT2D eigenvalue weighted by atomic mass is 32.1. The number of nitrogens with one attached hydrogen (secondary N) is 2. The molecule has 6 nitrogen and oxygen atoms in total. The first-order chi connectivity index (χ1) is 13.0. The second kappa shape index (κ2) is 8.99. The normalized spacial score (nSPS) is 17.9. The molecule has 2 atom stereocenters. The molecule has 0 radical (unpaired) electrons. The van der Waals surface area contributed by atoms with Crippen molar-refractivity contribution in [1.82, 2.24) is 15.3 Å².